The SMILES string of the molecule is O=C1CS/C(=C/C(=O)c2ccncc2)N1. The van der Waals surface area contributed by atoms with E-state index in [4.69, 9.17) is 0 Å². The second-order valence-corrected chi connectivity index (χ2v) is 3.96. The number of allylic oxidation sites excluding steroid dienone is 1. The summed E-state index contributed by atoms with van der Waals surface area (Å²) in [6.07, 6.45) is 4.56. The van der Waals surface area contributed by atoms with Gasteiger partial charge < -0.3 is 5.32 Å². The molecule has 1 aromatic heterocycles. The highest BCUT2D eigenvalue weighted by atomic mass is 32.2. The van der Waals surface area contributed by atoms with E-state index in [-0.39, 0.29) is 11.7 Å². The topological polar surface area (TPSA) is 59.1 Å². The van der Waals surface area contributed by atoms with E-state index in [2.05, 4.69) is 10.3 Å². The Balaban J connectivity index is 2.13. The van der Waals surface area contributed by atoms with Gasteiger partial charge in [-0.3, -0.25) is 14.6 Å². The minimum atomic E-state index is -0.123. The predicted octanol–water partition coefficient (Wildman–Crippen LogP) is 0.969. The first-order valence-electron chi connectivity index (χ1n) is 4.34. The van der Waals surface area contributed by atoms with Crippen LogP contribution in [0.2, 0.25) is 0 Å². The maximum atomic E-state index is 11.6. The van der Waals surface area contributed by atoms with Crippen molar-refractivity contribution in [1.82, 2.24) is 10.3 Å². The molecule has 1 aliphatic heterocycles. The van der Waals surface area contributed by atoms with Crippen LogP contribution in [0.5, 0.6) is 0 Å². The summed E-state index contributed by atoms with van der Waals surface area (Å²) in [5, 5.41) is 3.22. The summed E-state index contributed by atoms with van der Waals surface area (Å²) in [6, 6.07) is 3.28. The number of carbonyl (C=O) groups is 2. The van der Waals surface area contributed by atoms with Crippen molar-refractivity contribution in [2.24, 2.45) is 0 Å². The Morgan fingerprint density at radius 3 is 2.80 bits per heavy atom. The molecule has 1 saturated heterocycles. The molecular weight excluding hydrogens is 212 g/mol. The standard InChI is InChI=1S/C10H8N2O2S/c13-8(7-1-3-11-4-2-7)5-10-12-9(14)6-15-10/h1-5H,6H2,(H,12,14)/b10-5+. The van der Waals surface area contributed by atoms with Crippen LogP contribution in [0.15, 0.2) is 35.6 Å². The molecule has 0 atom stereocenters. The fourth-order valence-corrected chi connectivity index (χ4v) is 1.88. The summed E-state index contributed by atoms with van der Waals surface area (Å²) in [7, 11) is 0. The third-order valence-corrected chi connectivity index (χ3v) is 2.79. The van der Waals surface area contributed by atoms with Gasteiger partial charge in [-0.25, -0.2) is 0 Å². The lowest BCUT2D eigenvalue weighted by Crippen LogP contribution is -2.14. The fraction of sp³-hybridized carbons (Fsp3) is 0.100. The molecule has 4 nitrogen and oxygen atoms in total. The Morgan fingerprint density at radius 1 is 1.47 bits per heavy atom. The zero-order valence-electron chi connectivity index (χ0n) is 7.77. The fourth-order valence-electron chi connectivity index (χ4n) is 1.15. The molecule has 0 bridgehead atoms. The van der Waals surface area contributed by atoms with Gasteiger partial charge in [-0.1, -0.05) is 11.8 Å². The van der Waals surface area contributed by atoms with E-state index < -0.39 is 0 Å². The van der Waals surface area contributed by atoms with Crippen molar-refractivity contribution in [1.29, 1.82) is 0 Å². The smallest absolute Gasteiger partial charge is 0.235 e. The van der Waals surface area contributed by atoms with Crippen LogP contribution in [0.3, 0.4) is 0 Å². The highest BCUT2D eigenvalue weighted by Gasteiger charge is 2.16. The summed E-state index contributed by atoms with van der Waals surface area (Å²) in [5.41, 5.74) is 0.569. The zero-order valence-corrected chi connectivity index (χ0v) is 8.58. The van der Waals surface area contributed by atoms with Gasteiger partial charge in [0.1, 0.15) is 0 Å². The minimum Gasteiger partial charge on any atom is -0.320 e. The third kappa shape index (κ3) is 2.44. The Bertz CT molecular complexity index is 428. The van der Waals surface area contributed by atoms with Crippen molar-refractivity contribution in [2.45, 2.75) is 0 Å². The van der Waals surface area contributed by atoms with Crippen molar-refractivity contribution in [2.75, 3.05) is 5.75 Å². The van der Waals surface area contributed by atoms with Gasteiger partial charge in [-0.15, -0.1) is 0 Å². The molecule has 0 unspecified atom stereocenters. The zero-order chi connectivity index (χ0) is 10.7. The van der Waals surface area contributed by atoms with E-state index in [9.17, 15) is 9.59 Å². The number of nitrogens with one attached hydrogen (secondary N) is 1. The van der Waals surface area contributed by atoms with E-state index in [1.54, 1.807) is 24.5 Å². The van der Waals surface area contributed by atoms with E-state index in [1.807, 2.05) is 0 Å². The molecule has 0 aliphatic carbocycles. The molecule has 76 valence electrons. The Hall–Kier alpha value is -1.62. The molecule has 0 radical (unpaired) electrons. The van der Waals surface area contributed by atoms with Gasteiger partial charge in [-0.2, -0.15) is 0 Å². The van der Waals surface area contributed by atoms with Crippen LogP contribution in [0, 0.1) is 0 Å². The number of pyridine rings is 1. The van der Waals surface area contributed by atoms with Crippen LogP contribution in [0.25, 0.3) is 0 Å². The molecular formula is C10H8N2O2S. The number of carbonyl (C=O) groups excluding carboxylic acids is 2. The van der Waals surface area contributed by atoms with E-state index in [0.717, 1.165) is 0 Å². The van der Waals surface area contributed by atoms with E-state index >= 15 is 0 Å². The van der Waals surface area contributed by atoms with Crippen LogP contribution in [0.4, 0.5) is 0 Å². The molecule has 1 aromatic rings. The maximum Gasteiger partial charge on any atom is 0.235 e. The summed E-state index contributed by atoms with van der Waals surface area (Å²) in [6.45, 7) is 0. The largest absolute Gasteiger partial charge is 0.320 e. The molecule has 0 aromatic carbocycles. The van der Waals surface area contributed by atoms with E-state index in [0.29, 0.717) is 16.3 Å². The van der Waals surface area contributed by atoms with E-state index in [1.165, 1.54) is 17.8 Å². The molecule has 1 aliphatic rings. The van der Waals surface area contributed by atoms with Gasteiger partial charge in [0.05, 0.1) is 10.8 Å². The van der Waals surface area contributed by atoms with Crippen LogP contribution < -0.4 is 5.32 Å². The summed E-state index contributed by atoms with van der Waals surface area (Å²) >= 11 is 1.34. The first-order chi connectivity index (χ1) is 7.25. The van der Waals surface area contributed by atoms with Gasteiger partial charge in [0.2, 0.25) is 5.91 Å². The third-order valence-electron chi connectivity index (χ3n) is 1.85. The highest BCUT2D eigenvalue weighted by molar-refractivity contribution is 8.04. The number of amides is 1. The number of rotatable bonds is 2. The molecule has 0 spiro atoms. The Kier molecular flexibility index (Phi) is 2.82. The Labute approximate surface area is 90.8 Å². The monoisotopic (exact) mass is 220 g/mol. The molecule has 1 N–H and O–H groups in total. The molecule has 1 fully saturated rings. The predicted molar refractivity (Wildman–Crippen MR) is 57.3 cm³/mol. The maximum absolute atomic E-state index is 11.6. The number of ketones is 1. The van der Waals surface area contributed by atoms with Gasteiger partial charge in [-0.05, 0) is 12.1 Å². The Morgan fingerprint density at radius 2 is 2.20 bits per heavy atom. The van der Waals surface area contributed by atoms with Gasteiger partial charge in [0, 0.05) is 24.0 Å². The molecule has 5 heteroatoms. The normalized spacial score (nSPS) is 17.9. The molecule has 2 heterocycles. The second kappa shape index (κ2) is 4.27. The van der Waals surface area contributed by atoms with Crippen LogP contribution in [-0.2, 0) is 4.79 Å². The second-order valence-electron chi connectivity index (χ2n) is 2.95. The summed E-state index contributed by atoms with van der Waals surface area (Å²) in [5.74, 6) is 0.200. The van der Waals surface area contributed by atoms with Crippen molar-refractivity contribution < 1.29 is 9.59 Å². The van der Waals surface area contributed by atoms with Crippen LogP contribution >= 0.6 is 11.8 Å². The number of thioether (sulfide) groups is 1. The van der Waals surface area contributed by atoms with Crippen LogP contribution in [-0.4, -0.2) is 22.4 Å². The number of nitrogens with zero attached hydrogens (tertiary/aromatic N) is 1. The van der Waals surface area contributed by atoms with Gasteiger partial charge in [0.25, 0.3) is 0 Å². The van der Waals surface area contributed by atoms with Crippen LogP contribution in [0.1, 0.15) is 10.4 Å². The molecule has 2 rings (SSSR count). The average Bonchev–Trinajstić information content (AvgIpc) is 2.65. The summed E-state index contributed by atoms with van der Waals surface area (Å²) in [4.78, 5) is 26.3. The molecule has 1 amide bonds. The first-order valence-corrected chi connectivity index (χ1v) is 5.33. The number of hydrogen-bond donors (Lipinski definition) is 1. The molecule has 0 saturated carbocycles. The first kappa shape index (κ1) is 9.92. The lowest BCUT2D eigenvalue weighted by atomic mass is 10.2. The number of hydrogen-bond acceptors (Lipinski definition) is 4. The van der Waals surface area contributed by atoms with Crippen molar-refractivity contribution in [3.8, 4) is 0 Å². The van der Waals surface area contributed by atoms with Crippen molar-refractivity contribution in [3.63, 3.8) is 0 Å². The lowest BCUT2D eigenvalue weighted by Gasteiger charge is -1.96. The van der Waals surface area contributed by atoms with Crippen molar-refractivity contribution in [3.05, 3.63) is 41.2 Å². The quantitative estimate of drug-likeness (QED) is 0.596. The number of aromatic nitrogens is 1. The highest BCUT2D eigenvalue weighted by Crippen LogP contribution is 2.19. The average molecular weight is 220 g/mol. The minimum absolute atomic E-state index is 0.0613. The van der Waals surface area contributed by atoms with Gasteiger partial charge in [0.15, 0.2) is 5.78 Å². The van der Waals surface area contributed by atoms with Gasteiger partial charge >= 0.3 is 0 Å². The molecule has 15 heavy (non-hydrogen) atoms. The lowest BCUT2D eigenvalue weighted by molar-refractivity contribution is -0.117. The van der Waals surface area contributed by atoms with Crippen molar-refractivity contribution >= 4 is 23.5 Å². The summed E-state index contributed by atoms with van der Waals surface area (Å²) < 4.78 is 0.